The van der Waals surface area contributed by atoms with Gasteiger partial charge in [-0.25, -0.2) is 14.5 Å². The first-order valence-electron chi connectivity index (χ1n) is 8.81. The molecule has 4 heterocycles. The predicted octanol–water partition coefficient (Wildman–Crippen LogP) is -1.04. The number of nitrogens with two attached hydrogens (primary N) is 2. The standard InChI is InChI=1S/C15H17N9O4S3/c1-22-15(19-20-21-22)31-4-6-3-29-12-10(11(26)24(12)9(6)13(27)28)23(8(25)2-16)7-5-30-14(17)18-7/h5,10,12H,2-4,16H2,1H3,(H2,17,18)(H,27,28)/t10-,12+/m1/s1. The number of aromatic nitrogens is 5. The van der Waals surface area contributed by atoms with Crippen molar-refractivity contribution in [2.75, 3.05) is 28.7 Å². The molecule has 0 aromatic carbocycles. The summed E-state index contributed by atoms with van der Waals surface area (Å²) >= 11 is 3.78. The van der Waals surface area contributed by atoms with Gasteiger partial charge in [0.2, 0.25) is 11.1 Å². The second kappa shape index (κ2) is 8.45. The van der Waals surface area contributed by atoms with Crippen molar-refractivity contribution < 1.29 is 19.5 Å². The van der Waals surface area contributed by atoms with E-state index in [9.17, 15) is 19.5 Å². The summed E-state index contributed by atoms with van der Waals surface area (Å²) in [5.41, 5.74) is 11.7. The summed E-state index contributed by atoms with van der Waals surface area (Å²) < 4.78 is 1.48. The third kappa shape index (κ3) is 3.75. The number of rotatable bonds is 7. The molecule has 0 unspecified atom stereocenters. The summed E-state index contributed by atoms with van der Waals surface area (Å²) in [6.07, 6.45) is 0. The maximum atomic E-state index is 13.1. The number of aryl methyl sites for hydroxylation is 1. The molecular formula is C15H17N9O4S3. The zero-order chi connectivity index (χ0) is 22.3. The van der Waals surface area contributed by atoms with Crippen LogP contribution in [0, 0.1) is 0 Å². The Bertz CT molecular complexity index is 1080. The van der Waals surface area contributed by atoms with Crippen molar-refractivity contribution in [1.82, 2.24) is 30.1 Å². The number of carboxylic acids is 1. The predicted molar refractivity (Wildman–Crippen MR) is 114 cm³/mol. The minimum absolute atomic E-state index is 0.0782. The number of carboxylic acid groups (broad SMARTS) is 1. The number of fused-ring (bicyclic) bond motifs is 1. The van der Waals surface area contributed by atoms with E-state index in [2.05, 4.69) is 20.5 Å². The van der Waals surface area contributed by atoms with Crippen molar-refractivity contribution >= 4 is 63.6 Å². The molecule has 13 nitrogen and oxygen atoms in total. The fourth-order valence-electron chi connectivity index (χ4n) is 3.29. The average Bonchev–Trinajstić information content (AvgIpc) is 3.36. The number of thiazole rings is 1. The van der Waals surface area contributed by atoms with Crippen LogP contribution in [0.1, 0.15) is 0 Å². The summed E-state index contributed by atoms with van der Waals surface area (Å²) in [7, 11) is 1.68. The number of nitrogens with zero attached hydrogens (tertiary/aromatic N) is 7. The van der Waals surface area contributed by atoms with E-state index in [0.29, 0.717) is 22.2 Å². The topological polar surface area (TPSA) is 186 Å². The number of hydrogen-bond acceptors (Lipinski definition) is 12. The van der Waals surface area contributed by atoms with Crippen LogP contribution < -0.4 is 16.4 Å². The first-order chi connectivity index (χ1) is 14.8. The molecule has 164 valence electrons. The lowest BCUT2D eigenvalue weighted by molar-refractivity contribution is -0.149. The molecule has 2 aromatic rings. The molecule has 1 saturated heterocycles. The molecule has 31 heavy (non-hydrogen) atoms. The molecule has 0 spiro atoms. The lowest BCUT2D eigenvalue weighted by Crippen LogP contribution is -2.72. The van der Waals surface area contributed by atoms with Gasteiger partial charge in [0.25, 0.3) is 5.91 Å². The first-order valence-corrected chi connectivity index (χ1v) is 11.7. The molecule has 0 saturated carbocycles. The molecule has 5 N–H and O–H groups in total. The van der Waals surface area contributed by atoms with E-state index in [0.717, 1.165) is 11.3 Å². The Kier molecular flexibility index (Phi) is 5.87. The lowest BCUT2D eigenvalue weighted by atomic mass is 10.0. The summed E-state index contributed by atoms with van der Waals surface area (Å²) in [5.74, 6) is -1.31. The Morgan fingerprint density at radius 3 is 2.81 bits per heavy atom. The molecule has 2 aromatic heterocycles. The van der Waals surface area contributed by atoms with E-state index in [1.165, 1.54) is 38.0 Å². The second-order valence-electron chi connectivity index (χ2n) is 6.50. The third-order valence-electron chi connectivity index (χ3n) is 4.66. The van der Waals surface area contributed by atoms with Crippen molar-refractivity contribution in [3.05, 3.63) is 16.7 Å². The van der Waals surface area contributed by atoms with Crippen LogP contribution >= 0.6 is 34.9 Å². The summed E-state index contributed by atoms with van der Waals surface area (Å²) in [5, 5.41) is 22.7. The Morgan fingerprint density at radius 1 is 1.45 bits per heavy atom. The lowest BCUT2D eigenvalue weighted by Gasteiger charge is -2.52. The quantitative estimate of drug-likeness (QED) is 0.321. The van der Waals surface area contributed by atoms with Gasteiger partial charge in [-0.3, -0.25) is 19.4 Å². The van der Waals surface area contributed by atoms with Gasteiger partial charge in [-0.2, -0.15) is 0 Å². The number of carbonyl (C=O) groups is 3. The zero-order valence-corrected chi connectivity index (χ0v) is 18.5. The van der Waals surface area contributed by atoms with Gasteiger partial charge in [-0.1, -0.05) is 11.8 Å². The number of tetrazole rings is 1. The van der Waals surface area contributed by atoms with E-state index >= 15 is 0 Å². The van der Waals surface area contributed by atoms with Gasteiger partial charge < -0.3 is 16.6 Å². The fraction of sp³-hybridized carbons (Fsp3) is 0.400. The Labute approximate surface area is 187 Å². The number of nitrogen functional groups attached to an aromatic ring is 1. The smallest absolute Gasteiger partial charge is 0.352 e. The number of hydrogen-bond donors (Lipinski definition) is 3. The Balaban J connectivity index is 1.61. The number of aliphatic carboxylic acids is 1. The third-order valence-corrected chi connectivity index (χ3v) is 7.74. The largest absolute Gasteiger partial charge is 0.477 e. The number of anilines is 2. The van der Waals surface area contributed by atoms with Crippen molar-refractivity contribution in [1.29, 1.82) is 0 Å². The van der Waals surface area contributed by atoms with Crippen LogP contribution in [0.5, 0.6) is 0 Å². The molecule has 1 fully saturated rings. The Hall–Kier alpha value is -2.69. The van der Waals surface area contributed by atoms with Crippen molar-refractivity contribution in [2.45, 2.75) is 16.6 Å². The molecule has 2 aliphatic rings. The summed E-state index contributed by atoms with van der Waals surface area (Å²) in [4.78, 5) is 44.1. The minimum atomic E-state index is -1.21. The first kappa shape index (κ1) is 21.5. The van der Waals surface area contributed by atoms with Crippen LogP contribution in [0.4, 0.5) is 10.9 Å². The molecule has 0 bridgehead atoms. The Morgan fingerprint density at radius 2 is 2.23 bits per heavy atom. The van der Waals surface area contributed by atoms with E-state index in [-0.39, 0.29) is 23.2 Å². The van der Waals surface area contributed by atoms with E-state index in [1.54, 1.807) is 12.4 Å². The summed E-state index contributed by atoms with van der Waals surface area (Å²) in [6, 6.07) is -0.908. The maximum absolute atomic E-state index is 13.1. The highest BCUT2D eigenvalue weighted by molar-refractivity contribution is 8.01. The molecule has 2 atom stereocenters. The van der Waals surface area contributed by atoms with Crippen molar-refractivity contribution in [2.24, 2.45) is 12.8 Å². The highest BCUT2D eigenvalue weighted by Crippen LogP contribution is 2.44. The number of carbonyl (C=O) groups excluding carboxylic acids is 2. The number of thioether (sulfide) groups is 2. The number of β-lactam (4-membered cyclic amide) rings is 1. The van der Waals surface area contributed by atoms with E-state index in [1.807, 2.05) is 0 Å². The van der Waals surface area contributed by atoms with Crippen LogP contribution in [-0.2, 0) is 21.4 Å². The van der Waals surface area contributed by atoms with E-state index in [4.69, 9.17) is 11.5 Å². The van der Waals surface area contributed by atoms with Gasteiger partial charge in [-0.15, -0.1) is 28.2 Å². The zero-order valence-electron chi connectivity index (χ0n) is 16.0. The van der Waals surface area contributed by atoms with Gasteiger partial charge in [0.15, 0.2) is 5.13 Å². The molecule has 0 radical (unpaired) electrons. The monoisotopic (exact) mass is 483 g/mol. The van der Waals surface area contributed by atoms with Gasteiger partial charge in [0, 0.05) is 23.9 Å². The van der Waals surface area contributed by atoms with Crippen LogP contribution in [0.15, 0.2) is 21.8 Å². The van der Waals surface area contributed by atoms with Crippen LogP contribution in [0.3, 0.4) is 0 Å². The average molecular weight is 484 g/mol. The molecule has 16 heteroatoms. The normalized spacial score (nSPS) is 20.5. The maximum Gasteiger partial charge on any atom is 0.352 e. The SMILES string of the molecule is Cn1nnnc1SCC1=C(C(=O)O)N2C(=O)[C@@H](N(C(=O)CN)c3csc(N)n3)[C@@H]2SC1. The second-order valence-corrected chi connectivity index (χ2v) is 9.43. The van der Waals surface area contributed by atoms with Gasteiger partial charge >= 0.3 is 5.97 Å². The molecule has 4 rings (SSSR count). The van der Waals surface area contributed by atoms with Crippen molar-refractivity contribution in [3.63, 3.8) is 0 Å². The van der Waals surface area contributed by atoms with Gasteiger partial charge in [-0.05, 0) is 16.0 Å². The van der Waals surface area contributed by atoms with Gasteiger partial charge in [0.1, 0.15) is 22.9 Å². The molecular weight excluding hydrogens is 466 g/mol. The van der Waals surface area contributed by atoms with E-state index < -0.39 is 29.2 Å². The highest BCUT2D eigenvalue weighted by atomic mass is 32.2. The minimum Gasteiger partial charge on any atom is -0.477 e. The van der Waals surface area contributed by atoms with Crippen molar-refractivity contribution in [3.8, 4) is 0 Å². The highest BCUT2D eigenvalue weighted by Gasteiger charge is 2.57. The fourth-order valence-corrected chi connectivity index (χ4v) is 6.20. The van der Waals surface area contributed by atoms with Crippen LogP contribution in [0.25, 0.3) is 0 Å². The molecule has 0 aliphatic carbocycles. The van der Waals surface area contributed by atoms with Crippen LogP contribution in [0.2, 0.25) is 0 Å². The van der Waals surface area contributed by atoms with Crippen LogP contribution in [-0.4, -0.2) is 82.4 Å². The number of amides is 2. The molecule has 2 aliphatic heterocycles. The summed E-state index contributed by atoms with van der Waals surface area (Å²) in [6.45, 7) is -0.326. The molecule has 2 amide bonds. The van der Waals surface area contributed by atoms with Gasteiger partial charge in [0.05, 0.1) is 6.54 Å².